The minimum absolute atomic E-state index is 0.524. The van der Waals surface area contributed by atoms with Crippen LogP contribution >= 0.6 is 0 Å². The van der Waals surface area contributed by atoms with Crippen LogP contribution in [0.25, 0.3) is 11.1 Å². The van der Waals surface area contributed by atoms with Crippen LogP contribution in [0.1, 0.15) is 11.5 Å². The summed E-state index contributed by atoms with van der Waals surface area (Å²) in [6.45, 7) is 2.56. The van der Waals surface area contributed by atoms with Crippen LogP contribution in [-0.4, -0.2) is 11.6 Å². The molecule has 0 amide bonds. The van der Waals surface area contributed by atoms with Gasteiger partial charge in [0.25, 0.3) is 0 Å². The number of nitrogen functional groups attached to an aromatic ring is 1. The highest BCUT2D eigenvalue weighted by Gasteiger charge is 2.08. The fourth-order valence-electron chi connectivity index (χ4n) is 2.08. The molecule has 0 saturated carbocycles. The Balaban J connectivity index is 1.67. The highest BCUT2D eigenvalue weighted by Crippen LogP contribution is 2.21. The second-order valence-corrected chi connectivity index (χ2v) is 4.72. The SMILES string of the molecule is Cc1cccc(OCCc2nc3c(N)cccc3o2)c1. The van der Waals surface area contributed by atoms with E-state index in [2.05, 4.69) is 4.98 Å². The topological polar surface area (TPSA) is 61.3 Å². The van der Waals surface area contributed by atoms with Crippen LogP contribution in [0.3, 0.4) is 0 Å². The molecule has 2 N–H and O–H groups in total. The normalized spacial score (nSPS) is 10.8. The fraction of sp³-hybridized carbons (Fsp3) is 0.188. The fourth-order valence-corrected chi connectivity index (χ4v) is 2.08. The summed E-state index contributed by atoms with van der Waals surface area (Å²) in [6, 6.07) is 13.5. The van der Waals surface area contributed by atoms with Crippen molar-refractivity contribution in [2.45, 2.75) is 13.3 Å². The lowest BCUT2D eigenvalue weighted by atomic mass is 10.2. The molecule has 4 heteroatoms. The van der Waals surface area contributed by atoms with Gasteiger partial charge in [-0.15, -0.1) is 0 Å². The van der Waals surface area contributed by atoms with E-state index in [9.17, 15) is 0 Å². The summed E-state index contributed by atoms with van der Waals surface area (Å²) in [5.41, 5.74) is 9.10. The molecule has 102 valence electrons. The number of ether oxygens (including phenoxy) is 1. The predicted octanol–water partition coefficient (Wildman–Crippen LogP) is 3.34. The third-order valence-electron chi connectivity index (χ3n) is 3.07. The van der Waals surface area contributed by atoms with E-state index in [1.807, 2.05) is 49.4 Å². The first-order valence-corrected chi connectivity index (χ1v) is 6.56. The van der Waals surface area contributed by atoms with Crippen molar-refractivity contribution in [1.29, 1.82) is 0 Å². The quantitative estimate of drug-likeness (QED) is 0.737. The zero-order chi connectivity index (χ0) is 13.9. The number of nitrogens with two attached hydrogens (primary N) is 1. The van der Waals surface area contributed by atoms with Crippen LogP contribution in [0.15, 0.2) is 46.9 Å². The molecule has 0 atom stereocenters. The number of nitrogens with zero attached hydrogens (tertiary/aromatic N) is 1. The molecule has 1 aromatic heterocycles. The summed E-state index contributed by atoms with van der Waals surface area (Å²) < 4.78 is 11.3. The van der Waals surface area contributed by atoms with Gasteiger partial charge in [-0.25, -0.2) is 4.98 Å². The lowest BCUT2D eigenvalue weighted by Gasteiger charge is -2.04. The maximum absolute atomic E-state index is 5.85. The third kappa shape index (κ3) is 2.59. The van der Waals surface area contributed by atoms with E-state index < -0.39 is 0 Å². The maximum Gasteiger partial charge on any atom is 0.198 e. The summed E-state index contributed by atoms with van der Waals surface area (Å²) in [4.78, 5) is 4.39. The molecule has 0 bridgehead atoms. The molecule has 2 aromatic carbocycles. The summed E-state index contributed by atoms with van der Waals surface area (Å²) in [5, 5.41) is 0. The van der Waals surface area contributed by atoms with E-state index in [0.29, 0.717) is 24.6 Å². The Bertz CT molecular complexity index is 734. The van der Waals surface area contributed by atoms with E-state index in [1.165, 1.54) is 5.56 Å². The number of aryl methyl sites for hydroxylation is 1. The third-order valence-corrected chi connectivity index (χ3v) is 3.07. The Labute approximate surface area is 117 Å². The second-order valence-electron chi connectivity index (χ2n) is 4.72. The molecule has 4 nitrogen and oxygen atoms in total. The van der Waals surface area contributed by atoms with Gasteiger partial charge in [0.1, 0.15) is 11.3 Å². The molecule has 0 saturated heterocycles. The number of benzene rings is 2. The molecule has 3 aromatic rings. The van der Waals surface area contributed by atoms with Crippen molar-refractivity contribution < 1.29 is 9.15 Å². The van der Waals surface area contributed by atoms with E-state index in [0.717, 1.165) is 16.8 Å². The zero-order valence-corrected chi connectivity index (χ0v) is 11.3. The molecule has 20 heavy (non-hydrogen) atoms. The number of para-hydroxylation sites is 1. The first kappa shape index (κ1) is 12.5. The Morgan fingerprint density at radius 1 is 1.20 bits per heavy atom. The van der Waals surface area contributed by atoms with Crippen LogP contribution in [0.2, 0.25) is 0 Å². The molecular weight excluding hydrogens is 252 g/mol. The average molecular weight is 268 g/mol. The number of hydrogen-bond acceptors (Lipinski definition) is 4. The molecule has 3 rings (SSSR count). The van der Waals surface area contributed by atoms with E-state index in [4.69, 9.17) is 14.9 Å². The highest BCUT2D eigenvalue weighted by atomic mass is 16.5. The first-order valence-electron chi connectivity index (χ1n) is 6.56. The number of aromatic nitrogens is 1. The molecule has 0 fully saturated rings. The maximum atomic E-state index is 5.85. The van der Waals surface area contributed by atoms with Crippen LogP contribution in [0, 0.1) is 6.92 Å². The summed E-state index contributed by atoms with van der Waals surface area (Å²) >= 11 is 0. The van der Waals surface area contributed by atoms with Gasteiger partial charge >= 0.3 is 0 Å². The number of oxazole rings is 1. The molecule has 0 aliphatic carbocycles. The van der Waals surface area contributed by atoms with Crippen LogP contribution in [-0.2, 0) is 6.42 Å². The van der Waals surface area contributed by atoms with Crippen molar-refractivity contribution in [3.8, 4) is 5.75 Å². The van der Waals surface area contributed by atoms with Gasteiger partial charge in [0.05, 0.1) is 18.7 Å². The molecular formula is C16H16N2O2. The van der Waals surface area contributed by atoms with Gasteiger partial charge in [-0.05, 0) is 36.8 Å². The lowest BCUT2D eigenvalue weighted by Crippen LogP contribution is -2.01. The molecule has 0 radical (unpaired) electrons. The van der Waals surface area contributed by atoms with Gasteiger partial charge in [0.2, 0.25) is 0 Å². The van der Waals surface area contributed by atoms with Gasteiger partial charge in [0, 0.05) is 0 Å². The van der Waals surface area contributed by atoms with Crippen LogP contribution in [0.4, 0.5) is 5.69 Å². The van der Waals surface area contributed by atoms with Gasteiger partial charge in [-0.2, -0.15) is 0 Å². The van der Waals surface area contributed by atoms with Gasteiger partial charge < -0.3 is 14.9 Å². The van der Waals surface area contributed by atoms with Gasteiger partial charge in [-0.1, -0.05) is 18.2 Å². The standard InChI is InChI=1S/C16H16N2O2/c1-11-4-2-5-12(10-11)19-9-8-15-18-16-13(17)6-3-7-14(16)20-15/h2-7,10H,8-9,17H2,1H3. The molecule has 0 aliphatic heterocycles. The largest absolute Gasteiger partial charge is 0.493 e. The van der Waals surface area contributed by atoms with Crippen molar-refractivity contribution in [1.82, 2.24) is 4.98 Å². The lowest BCUT2D eigenvalue weighted by molar-refractivity contribution is 0.308. The highest BCUT2D eigenvalue weighted by molar-refractivity contribution is 5.85. The number of hydrogen-bond donors (Lipinski definition) is 1. The van der Waals surface area contributed by atoms with Crippen molar-refractivity contribution in [3.63, 3.8) is 0 Å². The Morgan fingerprint density at radius 2 is 2.05 bits per heavy atom. The summed E-state index contributed by atoms with van der Waals surface area (Å²) in [5.74, 6) is 1.51. The second kappa shape index (κ2) is 5.25. The molecule has 1 heterocycles. The molecule has 0 spiro atoms. The summed E-state index contributed by atoms with van der Waals surface area (Å²) in [6.07, 6.45) is 0.613. The van der Waals surface area contributed by atoms with Crippen molar-refractivity contribution in [2.75, 3.05) is 12.3 Å². The zero-order valence-electron chi connectivity index (χ0n) is 11.3. The Morgan fingerprint density at radius 3 is 2.85 bits per heavy atom. The van der Waals surface area contributed by atoms with E-state index in [1.54, 1.807) is 0 Å². The average Bonchev–Trinajstić information content (AvgIpc) is 2.83. The van der Waals surface area contributed by atoms with Crippen LogP contribution < -0.4 is 10.5 Å². The first-order chi connectivity index (χ1) is 9.72. The van der Waals surface area contributed by atoms with Crippen molar-refractivity contribution in [3.05, 3.63) is 53.9 Å². The Kier molecular flexibility index (Phi) is 3.29. The minimum Gasteiger partial charge on any atom is -0.493 e. The smallest absolute Gasteiger partial charge is 0.198 e. The number of rotatable bonds is 4. The van der Waals surface area contributed by atoms with Gasteiger partial charge in [0.15, 0.2) is 11.5 Å². The molecule has 0 aliphatic rings. The van der Waals surface area contributed by atoms with Gasteiger partial charge in [-0.3, -0.25) is 0 Å². The van der Waals surface area contributed by atoms with Crippen LogP contribution in [0.5, 0.6) is 5.75 Å². The predicted molar refractivity (Wildman–Crippen MR) is 78.8 cm³/mol. The number of anilines is 1. The summed E-state index contributed by atoms with van der Waals surface area (Å²) in [7, 11) is 0. The minimum atomic E-state index is 0.524. The monoisotopic (exact) mass is 268 g/mol. The van der Waals surface area contributed by atoms with E-state index >= 15 is 0 Å². The number of fused-ring (bicyclic) bond motifs is 1. The van der Waals surface area contributed by atoms with Crippen molar-refractivity contribution in [2.24, 2.45) is 0 Å². The Hall–Kier alpha value is -2.49. The van der Waals surface area contributed by atoms with Crippen molar-refractivity contribution >= 4 is 16.8 Å². The van der Waals surface area contributed by atoms with E-state index in [-0.39, 0.29) is 0 Å². The molecule has 0 unspecified atom stereocenters.